The van der Waals surface area contributed by atoms with Gasteiger partial charge in [-0.25, -0.2) is 0 Å². The predicted molar refractivity (Wildman–Crippen MR) is 65.2 cm³/mol. The summed E-state index contributed by atoms with van der Waals surface area (Å²) in [5.41, 5.74) is 0.979. The molecule has 2 N–H and O–H groups in total. The Balaban J connectivity index is 2.11. The van der Waals surface area contributed by atoms with Gasteiger partial charge in [0.25, 0.3) is 5.91 Å². The number of aromatic nitrogens is 2. The molecular formula is C10H10ClN3OS. The molecule has 4 nitrogen and oxygen atoms in total. The van der Waals surface area contributed by atoms with Crippen molar-refractivity contribution in [3.63, 3.8) is 0 Å². The number of hydrogen-bond acceptors (Lipinski definition) is 3. The van der Waals surface area contributed by atoms with E-state index in [0.29, 0.717) is 15.7 Å². The molecule has 0 spiro atoms. The van der Waals surface area contributed by atoms with Crippen LogP contribution in [0.5, 0.6) is 0 Å². The molecule has 2 heterocycles. The van der Waals surface area contributed by atoms with Crippen LogP contribution in [0, 0.1) is 0 Å². The van der Waals surface area contributed by atoms with Crippen LogP contribution in [0.1, 0.15) is 22.3 Å². The molecule has 0 unspecified atom stereocenters. The summed E-state index contributed by atoms with van der Waals surface area (Å²) in [6.45, 7) is 2.01. The Bertz CT molecular complexity index is 506. The molecule has 2 rings (SSSR count). The fourth-order valence-electron chi connectivity index (χ4n) is 1.24. The van der Waals surface area contributed by atoms with Gasteiger partial charge in [-0.2, -0.15) is 5.10 Å². The molecule has 0 aliphatic heterocycles. The minimum atomic E-state index is -0.228. The first-order valence-electron chi connectivity index (χ1n) is 4.79. The molecule has 0 saturated carbocycles. The minimum Gasteiger partial charge on any atom is -0.304 e. The Hall–Kier alpha value is -1.33. The van der Waals surface area contributed by atoms with Crippen molar-refractivity contribution in [1.82, 2.24) is 10.2 Å². The van der Waals surface area contributed by atoms with Crippen molar-refractivity contribution in [3.05, 3.63) is 33.1 Å². The zero-order valence-electron chi connectivity index (χ0n) is 8.58. The van der Waals surface area contributed by atoms with E-state index >= 15 is 0 Å². The van der Waals surface area contributed by atoms with E-state index in [0.717, 1.165) is 12.1 Å². The summed E-state index contributed by atoms with van der Waals surface area (Å²) in [6.07, 6.45) is 0.850. The highest BCUT2D eigenvalue weighted by Gasteiger charge is 2.13. The Morgan fingerprint density at radius 1 is 1.69 bits per heavy atom. The second kappa shape index (κ2) is 4.67. The Morgan fingerprint density at radius 3 is 3.06 bits per heavy atom. The zero-order chi connectivity index (χ0) is 11.5. The molecule has 0 atom stereocenters. The van der Waals surface area contributed by atoms with E-state index in [1.165, 1.54) is 11.3 Å². The van der Waals surface area contributed by atoms with Crippen LogP contribution in [0.3, 0.4) is 0 Å². The average molecular weight is 256 g/mol. The molecule has 2 aromatic rings. The first-order valence-corrected chi connectivity index (χ1v) is 6.05. The number of aromatic amines is 1. The van der Waals surface area contributed by atoms with Crippen molar-refractivity contribution < 1.29 is 4.79 Å². The standard InChI is InChI=1S/C10H10ClN3OS/c1-2-6-5-8(14-13-6)12-10(15)9-7(11)3-4-16-9/h3-5H,2H2,1H3,(H2,12,13,14,15). The largest absolute Gasteiger partial charge is 0.304 e. The zero-order valence-corrected chi connectivity index (χ0v) is 10.2. The smallest absolute Gasteiger partial charge is 0.268 e. The third-order valence-electron chi connectivity index (χ3n) is 2.08. The molecule has 16 heavy (non-hydrogen) atoms. The number of carbonyl (C=O) groups excluding carboxylic acids is 1. The number of rotatable bonds is 3. The summed E-state index contributed by atoms with van der Waals surface area (Å²) in [5.74, 6) is 0.292. The van der Waals surface area contributed by atoms with Crippen LogP contribution in [-0.4, -0.2) is 16.1 Å². The van der Waals surface area contributed by atoms with Gasteiger partial charge in [0.05, 0.1) is 5.02 Å². The number of nitrogens with zero attached hydrogens (tertiary/aromatic N) is 1. The number of anilines is 1. The second-order valence-corrected chi connectivity index (χ2v) is 4.51. The molecule has 0 bridgehead atoms. The molecule has 2 aromatic heterocycles. The van der Waals surface area contributed by atoms with E-state index < -0.39 is 0 Å². The number of thiophene rings is 1. The molecule has 0 aromatic carbocycles. The van der Waals surface area contributed by atoms with Gasteiger partial charge in [0, 0.05) is 11.8 Å². The van der Waals surface area contributed by atoms with E-state index in [-0.39, 0.29) is 5.91 Å². The summed E-state index contributed by atoms with van der Waals surface area (Å²) in [5, 5.41) is 11.7. The van der Waals surface area contributed by atoms with E-state index in [4.69, 9.17) is 11.6 Å². The van der Waals surface area contributed by atoms with Crippen LogP contribution >= 0.6 is 22.9 Å². The number of halogens is 1. The van der Waals surface area contributed by atoms with Gasteiger partial charge >= 0.3 is 0 Å². The molecule has 0 saturated heterocycles. The van der Waals surface area contributed by atoms with Crippen LogP contribution in [0.25, 0.3) is 0 Å². The number of amides is 1. The number of carbonyl (C=O) groups is 1. The Morgan fingerprint density at radius 2 is 2.50 bits per heavy atom. The van der Waals surface area contributed by atoms with Gasteiger partial charge in [-0.3, -0.25) is 9.89 Å². The van der Waals surface area contributed by atoms with Crippen LogP contribution in [0.2, 0.25) is 5.02 Å². The van der Waals surface area contributed by atoms with E-state index in [9.17, 15) is 4.79 Å². The predicted octanol–water partition coefficient (Wildman–Crippen LogP) is 2.94. The third kappa shape index (κ3) is 2.25. The summed E-state index contributed by atoms with van der Waals surface area (Å²) in [7, 11) is 0. The van der Waals surface area contributed by atoms with Crippen molar-refractivity contribution in [1.29, 1.82) is 0 Å². The fourth-order valence-corrected chi connectivity index (χ4v) is 2.27. The molecule has 1 amide bonds. The summed E-state index contributed by atoms with van der Waals surface area (Å²) < 4.78 is 0. The molecule has 0 radical (unpaired) electrons. The van der Waals surface area contributed by atoms with E-state index in [1.54, 1.807) is 17.5 Å². The summed E-state index contributed by atoms with van der Waals surface area (Å²) in [4.78, 5) is 12.3. The molecule has 6 heteroatoms. The van der Waals surface area contributed by atoms with Crippen LogP contribution in [0.4, 0.5) is 5.82 Å². The molecule has 0 aliphatic rings. The highest BCUT2D eigenvalue weighted by atomic mass is 35.5. The molecule has 0 aliphatic carbocycles. The first-order chi connectivity index (χ1) is 7.70. The van der Waals surface area contributed by atoms with Crippen molar-refractivity contribution in [2.24, 2.45) is 0 Å². The molecular weight excluding hydrogens is 246 g/mol. The lowest BCUT2D eigenvalue weighted by Gasteiger charge is -1.98. The van der Waals surface area contributed by atoms with Crippen LogP contribution < -0.4 is 5.32 Å². The van der Waals surface area contributed by atoms with Gasteiger partial charge in [0.15, 0.2) is 5.82 Å². The average Bonchev–Trinajstić information content (AvgIpc) is 2.86. The summed E-state index contributed by atoms with van der Waals surface area (Å²) in [6, 6.07) is 3.50. The van der Waals surface area contributed by atoms with Crippen LogP contribution in [0.15, 0.2) is 17.5 Å². The van der Waals surface area contributed by atoms with Gasteiger partial charge in [-0.15, -0.1) is 11.3 Å². The SMILES string of the molecule is CCc1cc(NC(=O)c2sccc2Cl)n[nH]1. The molecule has 0 fully saturated rings. The van der Waals surface area contributed by atoms with Gasteiger partial charge in [0.2, 0.25) is 0 Å². The first kappa shape index (κ1) is 11.2. The lowest BCUT2D eigenvalue weighted by atomic mass is 10.3. The topological polar surface area (TPSA) is 57.8 Å². The van der Waals surface area contributed by atoms with E-state index in [2.05, 4.69) is 15.5 Å². The van der Waals surface area contributed by atoms with Crippen LogP contribution in [-0.2, 0) is 6.42 Å². The second-order valence-electron chi connectivity index (χ2n) is 3.18. The highest BCUT2D eigenvalue weighted by Crippen LogP contribution is 2.22. The number of hydrogen-bond donors (Lipinski definition) is 2. The molecule has 84 valence electrons. The highest BCUT2D eigenvalue weighted by molar-refractivity contribution is 7.12. The van der Waals surface area contributed by atoms with Gasteiger partial charge in [-0.1, -0.05) is 18.5 Å². The lowest BCUT2D eigenvalue weighted by Crippen LogP contribution is -2.10. The number of nitrogens with one attached hydrogen (secondary N) is 2. The Labute approximate surface area is 102 Å². The van der Waals surface area contributed by atoms with Crippen molar-refractivity contribution in [3.8, 4) is 0 Å². The van der Waals surface area contributed by atoms with Crippen molar-refractivity contribution in [2.75, 3.05) is 5.32 Å². The number of H-pyrrole nitrogens is 1. The normalized spacial score (nSPS) is 10.4. The van der Waals surface area contributed by atoms with Gasteiger partial charge in [0.1, 0.15) is 4.88 Å². The fraction of sp³-hybridized carbons (Fsp3) is 0.200. The van der Waals surface area contributed by atoms with Gasteiger partial charge in [-0.05, 0) is 17.9 Å². The van der Waals surface area contributed by atoms with E-state index in [1.807, 2.05) is 6.92 Å². The summed E-state index contributed by atoms with van der Waals surface area (Å²) >= 11 is 7.16. The number of aryl methyl sites for hydroxylation is 1. The quantitative estimate of drug-likeness (QED) is 0.886. The monoisotopic (exact) mass is 255 g/mol. The maximum Gasteiger partial charge on any atom is 0.268 e. The van der Waals surface area contributed by atoms with Gasteiger partial charge < -0.3 is 5.32 Å². The van der Waals surface area contributed by atoms with Crippen molar-refractivity contribution >= 4 is 34.7 Å². The minimum absolute atomic E-state index is 0.228. The third-order valence-corrected chi connectivity index (χ3v) is 3.42. The maximum absolute atomic E-state index is 11.8. The Kier molecular flexibility index (Phi) is 3.26. The van der Waals surface area contributed by atoms with Crippen molar-refractivity contribution in [2.45, 2.75) is 13.3 Å². The maximum atomic E-state index is 11.8. The lowest BCUT2D eigenvalue weighted by molar-refractivity contribution is 0.103.